The lowest BCUT2D eigenvalue weighted by atomic mass is 10.0. The Bertz CT molecular complexity index is 1160. The molecular weight excluding hydrogens is 494 g/mol. The number of nitrogens with zero attached hydrogens (tertiary/aromatic N) is 4. The van der Waals surface area contributed by atoms with Gasteiger partial charge in [0, 0.05) is 46.0 Å². The highest BCUT2D eigenvalue weighted by molar-refractivity contribution is 8.00. The van der Waals surface area contributed by atoms with Crippen LogP contribution in [-0.4, -0.2) is 43.1 Å². The third kappa shape index (κ3) is 4.01. The second-order valence-electron chi connectivity index (χ2n) is 6.77. The molecule has 0 spiro atoms. The van der Waals surface area contributed by atoms with Crippen molar-refractivity contribution >= 4 is 76.1 Å². The van der Waals surface area contributed by atoms with E-state index >= 15 is 0 Å². The van der Waals surface area contributed by atoms with Crippen molar-refractivity contribution in [2.45, 2.75) is 18.0 Å². The molecule has 160 valence electrons. The molecule has 3 aromatic rings. The Morgan fingerprint density at radius 1 is 1.32 bits per heavy atom. The van der Waals surface area contributed by atoms with Crippen molar-refractivity contribution in [3.63, 3.8) is 0 Å². The molecule has 12 heteroatoms. The number of amides is 1. The summed E-state index contributed by atoms with van der Waals surface area (Å²) in [7, 11) is 0. The number of rotatable bonds is 5. The van der Waals surface area contributed by atoms with Gasteiger partial charge in [0.15, 0.2) is 23.9 Å². The van der Waals surface area contributed by atoms with Crippen LogP contribution in [0.2, 0.25) is 0 Å². The number of fused-ring (bicyclic) bond motifs is 1. The molecule has 31 heavy (non-hydrogen) atoms. The van der Waals surface area contributed by atoms with Gasteiger partial charge in [-0.05, 0) is 0 Å². The lowest BCUT2D eigenvalue weighted by Gasteiger charge is -2.49. The molecular formula is C19H16ClN5O2S4. The average molecular weight is 510 g/mol. The fourth-order valence-corrected chi connectivity index (χ4v) is 6.54. The van der Waals surface area contributed by atoms with Crippen LogP contribution in [0.4, 0.5) is 0 Å². The van der Waals surface area contributed by atoms with E-state index < -0.39 is 11.2 Å². The van der Waals surface area contributed by atoms with Crippen LogP contribution in [0.3, 0.4) is 0 Å². The van der Waals surface area contributed by atoms with E-state index in [0.29, 0.717) is 16.3 Å². The zero-order chi connectivity index (χ0) is 20.8. The highest BCUT2D eigenvalue weighted by Gasteiger charge is 2.50. The first-order valence-electron chi connectivity index (χ1n) is 9.01. The molecule has 2 atom stereocenters. The van der Waals surface area contributed by atoms with Gasteiger partial charge in [-0.25, -0.2) is 9.97 Å². The van der Waals surface area contributed by atoms with Gasteiger partial charge in [0.05, 0.1) is 16.5 Å². The minimum absolute atomic E-state index is 0. The first-order valence-corrected chi connectivity index (χ1v) is 12.2. The predicted molar refractivity (Wildman–Crippen MR) is 127 cm³/mol. The van der Waals surface area contributed by atoms with Crippen molar-refractivity contribution in [2.75, 3.05) is 5.75 Å². The highest BCUT2D eigenvalue weighted by Crippen LogP contribution is 2.43. The normalized spacial score (nSPS) is 20.2. The number of nitrogens with two attached hydrogens (primary N) is 1. The quantitative estimate of drug-likeness (QED) is 0.319. The van der Waals surface area contributed by atoms with E-state index in [1.54, 1.807) is 17.5 Å². The van der Waals surface area contributed by atoms with Crippen LogP contribution >= 0.6 is 46.8 Å². The van der Waals surface area contributed by atoms with Gasteiger partial charge in [0.2, 0.25) is 5.91 Å². The summed E-state index contributed by atoms with van der Waals surface area (Å²) in [5, 5.41) is 4.90. The summed E-state index contributed by atoms with van der Waals surface area (Å²) in [5.74, 6) is 0.289. The van der Waals surface area contributed by atoms with Gasteiger partial charge in [-0.2, -0.15) is 4.57 Å². The van der Waals surface area contributed by atoms with Crippen LogP contribution in [0.25, 0.3) is 16.8 Å². The van der Waals surface area contributed by atoms with E-state index in [1.165, 1.54) is 28.0 Å². The molecule has 2 aliphatic heterocycles. The summed E-state index contributed by atoms with van der Waals surface area (Å²) >= 11 is 9.53. The SMILES string of the molecule is Cl.N[C@@H]1C(=O)N2C(C(=O)[S-])=C(c3nc(-c4cc[n+](Cc5nccs5)cc4)cs3)CS[C@H]12. The number of aromatic nitrogens is 3. The van der Waals surface area contributed by atoms with Gasteiger partial charge in [-0.1, -0.05) is 0 Å². The van der Waals surface area contributed by atoms with E-state index in [1.807, 2.05) is 35.3 Å². The molecule has 0 unspecified atom stereocenters. The van der Waals surface area contributed by atoms with Crippen molar-refractivity contribution in [3.8, 4) is 11.3 Å². The topological polar surface area (TPSA) is 93.1 Å². The minimum atomic E-state index is -0.576. The van der Waals surface area contributed by atoms with Crippen molar-refractivity contribution in [1.82, 2.24) is 14.9 Å². The largest absolute Gasteiger partial charge is 0.735 e. The molecule has 2 N–H and O–H groups in total. The molecule has 0 radical (unpaired) electrons. The molecule has 0 aliphatic carbocycles. The lowest BCUT2D eigenvalue weighted by molar-refractivity contribution is -0.688. The lowest BCUT2D eigenvalue weighted by Crippen LogP contribution is -2.68. The Labute approximate surface area is 202 Å². The van der Waals surface area contributed by atoms with Gasteiger partial charge in [0.1, 0.15) is 16.4 Å². The van der Waals surface area contributed by atoms with Gasteiger partial charge in [-0.3, -0.25) is 9.69 Å². The number of carbonyl (C=O) groups is 2. The smallest absolute Gasteiger partial charge is 0.248 e. The van der Waals surface area contributed by atoms with E-state index in [0.717, 1.165) is 22.8 Å². The molecule has 0 bridgehead atoms. The van der Waals surface area contributed by atoms with Crippen molar-refractivity contribution in [3.05, 3.63) is 57.2 Å². The van der Waals surface area contributed by atoms with Gasteiger partial charge in [-0.15, -0.1) is 46.8 Å². The fourth-order valence-electron chi connectivity index (χ4n) is 3.43. The second kappa shape index (κ2) is 8.93. The second-order valence-corrected chi connectivity index (χ2v) is 10.1. The molecule has 7 nitrogen and oxygen atoms in total. The highest BCUT2D eigenvalue weighted by atomic mass is 35.5. The maximum Gasteiger partial charge on any atom is 0.248 e. The molecule has 0 saturated carbocycles. The van der Waals surface area contributed by atoms with E-state index in [-0.39, 0.29) is 29.4 Å². The molecule has 1 amide bonds. The molecule has 5 heterocycles. The third-order valence-corrected chi connectivity index (χ3v) is 8.11. The van der Waals surface area contributed by atoms with Crippen molar-refractivity contribution in [2.24, 2.45) is 5.73 Å². The van der Waals surface area contributed by atoms with Gasteiger partial charge in [0.25, 0.3) is 0 Å². The van der Waals surface area contributed by atoms with Crippen molar-refractivity contribution < 1.29 is 14.2 Å². The van der Waals surface area contributed by atoms with Crippen LogP contribution in [0.1, 0.15) is 10.0 Å². The van der Waals surface area contributed by atoms with Crippen molar-refractivity contribution in [1.29, 1.82) is 0 Å². The standard InChI is InChI=1S/C19H15N5O2S4.ClH/c20-14-17(25)24-15(19(26)27)11(8-30-18(14)24)16-22-12(9-29-16)10-1-4-23(5-2-10)7-13-21-3-6-28-13;/h1-6,9,14,18H,7-8,20H2;1H/t14-,18-;/m1./s1. The molecule has 2 aliphatic rings. The van der Waals surface area contributed by atoms with Crippen LogP contribution in [0.15, 0.2) is 47.2 Å². The average Bonchev–Trinajstić information content (AvgIpc) is 3.45. The number of thiazole rings is 2. The summed E-state index contributed by atoms with van der Waals surface area (Å²) in [6.45, 7) is 0.724. The maximum atomic E-state index is 12.2. The Morgan fingerprint density at radius 2 is 2.10 bits per heavy atom. The summed E-state index contributed by atoms with van der Waals surface area (Å²) < 4.78 is 2.06. The first kappa shape index (κ1) is 22.3. The third-order valence-electron chi connectivity index (χ3n) is 4.95. The fraction of sp³-hybridized carbons (Fsp3) is 0.211. The van der Waals surface area contributed by atoms with Gasteiger partial charge >= 0.3 is 0 Å². The Morgan fingerprint density at radius 3 is 2.77 bits per heavy atom. The number of halogens is 1. The summed E-state index contributed by atoms with van der Waals surface area (Å²) in [6, 6.07) is 3.43. The number of hydrogen-bond acceptors (Lipinski definition) is 9. The number of thioether (sulfide) groups is 1. The Balaban J connectivity index is 0.00000231. The Kier molecular flexibility index (Phi) is 6.42. The molecule has 0 aromatic carbocycles. The van der Waals surface area contributed by atoms with Crippen LogP contribution in [-0.2, 0) is 28.8 Å². The zero-order valence-corrected chi connectivity index (χ0v) is 19.9. The predicted octanol–water partition coefficient (Wildman–Crippen LogP) is 2.05. The first-order chi connectivity index (χ1) is 14.5. The number of carbonyl (C=O) groups excluding carboxylic acids is 2. The van der Waals surface area contributed by atoms with E-state index in [2.05, 4.69) is 9.55 Å². The maximum absolute atomic E-state index is 12.2. The monoisotopic (exact) mass is 509 g/mol. The number of β-lactam (4-membered cyclic amide) rings is 1. The Hall–Kier alpha value is -1.89. The molecule has 1 fully saturated rings. The van der Waals surface area contributed by atoms with Crippen LogP contribution in [0, 0.1) is 0 Å². The van der Waals surface area contributed by atoms with Crippen LogP contribution in [0.5, 0.6) is 0 Å². The summed E-state index contributed by atoms with van der Waals surface area (Å²) in [6.07, 6.45) is 5.79. The zero-order valence-electron chi connectivity index (χ0n) is 15.8. The van der Waals surface area contributed by atoms with E-state index in [9.17, 15) is 9.59 Å². The molecule has 3 aromatic heterocycles. The summed E-state index contributed by atoms with van der Waals surface area (Å²) in [4.78, 5) is 34.8. The van der Waals surface area contributed by atoms with E-state index in [4.69, 9.17) is 23.3 Å². The molecule has 1 saturated heterocycles. The number of pyridine rings is 1. The number of hydrogen-bond donors (Lipinski definition) is 1. The molecule has 5 rings (SSSR count). The minimum Gasteiger partial charge on any atom is -0.735 e. The van der Waals surface area contributed by atoms with Crippen LogP contribution < -0.4 is 10.3 Å². The van der Waals surface area contributed by atoms with Gasteiger partial charge < -0.3 is 23.2 Å². The summed E-state index contributed by atoms with van der Waals surface area (Å²) in [5.41, 5.74) is 8.62.